The monoisotopic (exact) mass is 262 g/mol. The molecule has 0 saturated heterocycles. The molecule has 0 aliphatic rings. The summed E-state index contributed by atoms with van der Waals surface area (Å²) in [6.45, 7) is 2.52. The predicted octanol–water partition coefficient (Wildman–Crippen LogP) is 1.61. The Hall–Kier alpha value is -2.24. The standard InChI is InChI=1S/C13H15FN4O/c1-9-10(8-17-18-9)3-2-6-15-13(19)11-4-5-12(14)16-7-11/h4-5,7-8H,2-3,6H2,1H3,(H,15,19)(H,17,18). The number of carbonyl (C=O) groups excluding carboxylic acids is 1. The zero-order valence-corrected chi connectivity index (χ0v) is 10.6. The lowest BCUT2D eigenvalue weighted by Crippen LogP contribution is -2.24. The first-order valence-corrected chi connectivity index (χ1v) is 6.05. The Balaban J connectivity index is 1.75. The fourth-order valence-electron chi connectivity index (χ4n) is 1.72. The van der Waals surface area contributed by atoms with Crippen molar-refractivity contribution in [2.75, 3.05) is 6.54 Å². The number of halogens is 1. The number of pyridine rings is 1. The van der Waals surface area contributed by atoms with Gasteiger partial charge in [-0.25, -0.2) is 4.98 Å². The van der Waals surface area contributed by atoms with Crippen molar-refractivity contribution in [1.82, 2.24) is 20.5 Å². The second-order valence-corrected chi connectivity index (χ2v) is 4.25. The van der Waals surface area contributed by atoms with Gasteiger partial charge in [-0.3, -0.25) is 9.89 Å². The molecule has 0 aliphatic carbocycles. The molecule has 6 heteroatoms. The molecule has 0 bridgehead atoms. The Morgan fingerprint density at radius 2 is 2.26 bits per heavy atom. The minimum Gasteiger partial charge on any atom is -0.352 e. The van der Waals surface area contributed by atoms with Gasteiger partial charge in [0.1, 0.15) is 0 Å². The van der Waals surface area contributed by atoms with Crippen molar-refractivity contribution in [3.63, 3.8) is 0 Å². The zero-order chi connectivity index (χ0) is 13.7. The van der Waals surface area contributed by atoms with E-state index in [0.717, 1.165) is 24.1 Å². The number of H-pyrrole nitrogens is 1. The molecule has 0 spiro atoms. The summed E-state index contributed by atoms with van der Waals surface area (Å²) >= 11 is 0. The van der Waals surface area contributed by atoms with Crippen LogP contribution in [0.4, 0.5) is 4.39 Å². The van der Waals surface area contributed by atoms with Crippen LogP contribution in [0.15, 0.2) is 24.5 Å². The highest BCUT2D eigenvalue weighted by Crippen LogP contribution is 2.05. The third kappa shape index (κ3) is 3.61. The zero-order valence-electron chi connectivity index (χ0n) is 10.6. The lowest BCUT2D eigenvalue weighted by atomic mass is 10.1. The van der Waals surface area contributed by atoms with Gasteiger partial charge in [-0.2, -0.15) is 9.49 Å². The summed E-state index contributed by atoms with van der Waals surface area (Å²) < 4.78 is 12.6. The smallest absolute Gasteiger partial charge is 0.252 e. The Morgan fingerprint density at radius 1 is 1.42 bits per heavy atom. The van der Waals surface area contributed by atoms with E-state index in [1.165, 1.54) is 18.3 Å². The van der Waals surface area contributed by atoms with Gasteiger partial charge in [0, 0.05) is 18.4 Å². The van der Waals surface area contributed by atoms with Gasteiger partial charge in [-0.15, -0.1) is 0 Å². The van der Waals surface area contributed by atoms with Crippen LogP contribution in [0.1, 0.15) is 28.0 Å². The van der Waals surface area contributed by atoms with Crippen molar-refractivity contribution in [2.45, 2.75) is 19.8 Å². The van der Waals surface area contributed by atoms with Gasteiger partial charge in [0.2, 0.25) is 5.95 Å². The first kappa shape index (κ1) is 13.2. The van der Waals surface area contributed by atoms with Crippen LogP contribution in [-0.2, 0) is 6.42 Å². The van der Waals surface area contributed by atoms with E-state index in [0.29, 0.717) is 12.1 Å². The van der Waals surface area contributed by atoms with Crippen LogP contribution < -0.4 is 5.32 Å². The number of nitrogens with zero attached hydrogens (tertiary/aromatic N) is 2. The first-order chi connectivity index (χ1) is 9.16. The number of aromatic nitrogens is 3. The topological polar surface area (TPSA) is 70.7 Å². The van der Waals surface area contributed by atoms with E-state index >= 15 is 0 Å². The summed E-state index contributed by atoms with van der Waals surface area (Å²) in [4.78, 5) is 15.1. The molecule has 0 unspecified atom stereocenters. The molecule has 1 amide bonds. The van der Waals surface area contributed by atoms with Gasteiger partial charge >= 0.3 is 0 Å². The minimum absolute atomic E-state index is 0.239. The molecule has 2 heterocycles. The van der Waals surface area contributed by atoms with Crippen molar-refractivity contribution in [1.29, 1.82) is 0 Å². The molecule has 2 N–H and O–H groups in total. The second-order valence-electron chi connectivity index (χ2n) is 4.25. The minimum atomic E-state index is -0.591. The van der Waals surface area contributed by atoms with Crippen molar-refractivity contribution >= 4 is 5.91 Å². The van der Waals surface area contributed by atoms with E-state index in [9.17, 15) is 9.18 Å². The molecule has 0 aliphatic heterocycles. The molecule has 2 rings (SSSR count). The van der Waals surface area contributed by atoms with Gasteiger partial charge in [0.15, 0.2) is 0 Å². The fraction of sp³-hybridized carbons (Fsp3) is 0.308. The van der Waals surface area contributed by atoms with E-state index in [4.69, 9.17) is 0 Å². The van der Waals surface area contributed by atoms with Crippen LogP contribution in [0.2, 0.25) is 0 Å². The molecule has 100 valence electrons. The van der Waals surface area contributed by atoms with E-state index in [1.807, 2.05) is 6.92 Å². The highest BCUT2D eigenvalue weighted by atomic mass is 19.1. The summed E-state index contributed by atoms with van der Waals surface area (Å²) in [7, 11) is 0. The molecule has 5 nitrogen and oxygen atoms in total. The van der Waals surface area contributed by atoms with Gasteiger partial charge in [-0.05, 0) is 37.5 Å². The van der Waals surface area contributed by atoms with Crippen LogP contribution in [0, 0.1) is 12.9 Å². The molecule has 2 aromatic heterocycles. The third-order valence-corrected chi connectivity index (χ3v) is 2.83. The number of rotatable bonds is 5. The van der Waals surface area contributed by atoms with E-state index < -0.39 is 5.95 Å². The van der Waals surface area contributed by atoms with Crippen LogP contribution in [0.5, 0.6) is 0 Å². The third-order valence-electron chi connectivity index (χ3n) is 2.83. The van der Waals surface area contributed by atoms with Crippen molar-refractivity contribution in [2.24, 2.45) is 0 Å². The van der Waals surface area contributed by atoms with E-state index in [-0.39, 0.29) is 5.91 Å². The first-order valence-electron chi connectivity index (χ1n) is 6.05. The number of hydrogen-bond acceptors (Lipinski definition) is 3. The van der Waals surface area contributed by atoms with Gasteiger partial charge in [0.25, 0.3) is 5.91 Å². The van der Waals surface area contributed by atoms with Crippen LogP contribution in [0.3, 0.4) is 0 Å². The number of amides is 1. The summed E-state index contributed by atoms with van der Waals surface area (Å²) in [5.74, 6) is -0.830. The Kier molecular flexibility index (Phi) is 4.22. The molecule has 19 heavy (non-hydrogen) atoms. The molecular weight excluding hydrogens is 247 g/mol. The van der Waals surface area contributed by atoms with Crippen LogP contribution >= 0.6 is 0 Å². The van der Waals surface area contributed by atoms with Crippen LogP contribution in [0.25, 0.3) is 0 Å². The molecule has 0 atom stereocenters. The number of nitrogens with one attached hydrogen (secondary N) is 2. The predicted molar refractivity (Wildman–Crippen MR) is 68.2 cm³/mol. The van der Waals surface area contributed by atoms with Crippen LogP contribution in [-0.4, -0.2) is 27.6 Å². The normalized spacial score (nSPS) is 10.4. The summed E-state index contributed by atoms with van der Waals surface area (Å²) in [5.41, 5.74) is 2.56. The maximum atomic E-state index is 12.6. The fourth-order valence-corrected chi connectivity index (χ4v) is 1.72. The molecule has 0 saturated carbocycles. The lowest BCUT2D eigenvalue weighted by molar-refractivity contribution is 0.0953. The Bertz CT molecular complexity index is 550. The highest BCUT2D eigenvalue weighted by Gasteiger charge is 2.06. The second kappa shape index (κ2) is 6.08. The highest BCUT2D eigenvalue weighted by molar-refractivity contribution is 5.93. The number of hydrogen-bond donors (Lipinski definition) is 2. The molecule has 0 fully saturated rings. The van der Waals surface area contributed by atoms with Crippen molar-refractivity contribution in [3.05, 3.63) is 47.3 Å². The SMILES string of the molecule is Cc1[nH]ncc1CCCNC(=O)c1ccc(F)nc1. The lowest BCUT2D eigenvalue weighted by Gasteiger charge is -2.04. The Labute approximate surface area is 110 Å². The van der Waals surface area contributed by atoms with E-state index in [1.54, 1.807) is 6.20 Å². The maximum absolute atomic E-state index is 12.6. The summed E-state index contributed by atoms with van der Waals surface area (Å²) in [6, 6.07) is 2.58. The number of aryl methyl sites for hydroxylation is 2. The summed E-state index contributed by atoms with van der Waals surface area (Å²) in [5, 5.41) is 9.57. The van der Waals surface area contributed by atoms with Crippen molar-refractivity contribution < 1.29 is 9.18 Å². The number of carbonyl (C=O) groups is 1. The average molecular weight is 262 g/mol. The van der Waals surface area contributed by atoms with E-state index in [2.05, 4.69) is 20.5 Å². The maximum Gasteiger partial charge on any atom is 0.252 e. The number of aromatic amines is 1. The molecular formula is C13H15FN4O. The molecule has 0 radical (unpaired) electrons. The van der Waals surface area contributed by atoms with Gasteiger partial charge in [0.05, 0.1) is 11.8 Å². The van der Waals surface area contributed by atoms with Crippen molar-refractivity contribution in [3.8, 4) is 0 Å². The summed E-state index contributed by atoms with van der Waals surface area (Å²) in [6.07, 6.45) is 4.69. The van der Waals surface area contributed by atoms with Gasteiger partial charge < -0.3 is 5.32 Å². The molecule has 2 aromatic rings. The van der Waals surface area contributed by atoms with Gasteiger partial charge in [-0.1, -0.05) is 0 Å². The Morgan fingerprint density at radius 3 is 2.89 bits per heavy atom. The quantitative estimate of drug-likeness (QED) is 0.635. The molecule has 0 aromatic carbocycles. The average Bonchev–Trinajstić information content (AvgIpc) is 2.81. The largest absolute Gasteiger partial charge is 0.352 e.